The number of aliphatic hydroxyl groups is 1. The smallest absolute Gasteiger partial charge is 0.335 e. The number of rotatable bonds is 8. The molecule has 2 heterocycles. The summed E-state index contributed by atoms with van der Waals surface area (Å²) >= 11 is 0. The van der Waals surface area contributed by atoms with Gasteiger partial charge in [0, 0.05) is 41.1 Å². The number of benzene rings is 2. The Balaban J connectivity index is 1.51. The first kappa shape index (κ1) is 27.6. The van der Waals surface area contributed by atoms with Crippen molar-refractivity contribution in [2.24, 2.45) is 0 Å². The van der Waals surface area contributed by atoms with Crippen LogP contribution in [0.4, 0.5) is 11.4 Å². The van der Waals surface area contributed by atoms with E-state index in [1.165, 1.54) is 24.1 Å². The van der Waals surface area contributed by atoms with Gasteiger partial charge >= 0.3 is 5.97 Å². The van der Waals surface area contributed by atoms with Crippen molar-refractivity contribution in [1.29, 1.82) is 0 Å². The SMILES string of the molecule is CCCCCCN1C(=CC2=C(O)C(=CC3=[N+](C)c4ccc(C(=O)O)cc4C3(C)C)C2=O)C(C)(C)c2ccccc21. The number of ketones is 1. The van der Waals surface area contributed by atoms with E-state index in [2.05, 4.69) is 49.9 Å². The van der Waals surface area contributed by atoms with E-state index in [9.17, 15) is 19.8 Å². The molecule has 0 unspecified atom stereocenters. The van der Waals surface area contributed by atoms with Crippen LogP contribution < -0.4 is 4.90 Å². The second kappa shape index (κ2) is 9.92. The zero-order valence-electron chi connectivity index (χ0n) is 24.3. The molecule has 0 bridgehead atoms. The van der Waals surface area contributed by atoms with Crippen molar-refractivity contribution in [2.45, 2.75) is 71.1 Å². The Morgan fingerprint density at radius 1 is 0.975 bits per heavy atom. The van der Waals surface area contributed by atoms with E-state index in [4.69, 9.17) is 0 Å². The van der Waals surface area contributed by atoms with Crippen molar-refractivity contribution in [1.82, 2.24) is 0 Å². The lowest BCUT2D eigenvalue weighted by molar-refractivity contribution is -0.401. The molecule has 2 aliphatic heterocycles. The van der Waals surface area contributed by atoms with Crippen LogP contribution in [-0.2, 0) is 15.6 Å². The number of aromatic carboxylic acids is 1. The molecule has 0 aromatic heterocycles. The molecule has 2 N–H and O–H groups in total. The van der Waals surface area contributed by atoms with Gasteiger partial charge in [-0.05, 0) is 50.1 Å². The quantitative estimate of drug-likeness (QED) is 0.215. The number of nitrogens with zero attached hydrogens (tertiary/aromatic N) is 2. The number of carbonyl (C=O) groups is 2. The van der Waals surface area contributed by atoms with Crippen LogP contribution in [0.5, 0.6) is 0 Å². The van der Waals surface area contributed by atoms with E-state index in [0.29, 0.717) is 5.57 Å². The molecule has 0 amide bonds. The van der Waals surface area contributed by atoms with E-state index in [0.717, 1.165) is 42.0 Å². The van der Waals surface area contributed by atoms with Crippen LogP contribution in [0.3, 0.4) is 0 Å². The Morgan fingerprint density at radius 2 is 1.70 bits per heavy atom. The summed E-state index contributed by atoms with van der Waals surface area (Å²) in [5.41, 5.74) is 6.03. The molecule has 6 heteroatoms. The number of unbranched alkanes of at least 4 members (excludes halogenated alkanes) is 3. The zero-order valence-corrected chi connectivity index (χ0v) is 24.3. The van der Waals surface area contributed by atoms with Gasteiger partial charge in [-0.15, -0.1) is 0 Å². The van der Waals surface area contributed by atoms with Gasteiger partial charge in [0.15, 0.2) is 5.71 Å². The van der Waals surface area contributed by atoms with E-state index < -0.39 is 11.4 Å². The van der Waals surface area contributed by atoms with Crippen molar-refractivity contribution in [3.63, 3.8) is 0 Å². The predicted octanol–water partition coefficient (Wildman–Crippen LogP) is 6.97. The average molecular weight is 540 g/mol. The maximum atomic E-state index is 13.5. The second-order valence-electron chi connectivity index (χ2n) is 12.1. The Hall–Kier alpha value is -3.93. The largest absolute Gasteiger partial charge is 0.506 e. The molecule has 0 atom stereocenters. The molecular formula is C34H39N2O4+. The molecule has 5 rings (SSSR count). The molecular weight excluding hydrogens is 500 g/mol. The molecule has 2 aromatic carbocycles. The van der Waals surface area contributed by atoms with Gasteiger partial charge in [0.1, 0.15) is 12.8 Å². The lowest BCUT2D eigenvalue weighted by Crippen LogP contribution is -2.32. The highest BCUT2D eigenvalue weighted by molar-refractivity contribution is 6.24. The molecule has 0 fully saturated rings. The molecule has 6 nitrogen and oxygen atoms in total. The molecule has 0 saturated heterocycles. The number of para-hydroxylation sites is 1. The first-order valence-corrected chi connectivity index (χ1v) is 14.2. The van der Waals surface area contributed by atoms with E-state index in [1.807, 2.05) is 31.5 Å². The lowest BCUT2D eigenvalue weighted by Gasteiger charge is -2.29. The summed E-state index contributed by atoms with van der Waals surface area (Å²) in [6.07, 6.45) is 8.23. The summed E-state index contributed by atoms with van der Waals surface area (Å²) in [7, 11) is 1.90. The normalized spacial score (nSPS) is 20.9. The molecule has 2 aromatic rings. The predicted molar refractivity (Wildman–Crippen MR) is 159 cm³/mol. The summed E-state index contributed by atoms with van der Waals surface area (Å²) in [5, 5.41) is 20.7. The first-order valence-electron chi connectivity index (χ1n) is 14.2. The van der Waals surface area contributed by atoms with Crippen LogP contribution in [0, 0.1) is 0 Å². The summed E-state index contributed by atoms with van der Waals surface area (Å²) in [6, 6.07) is 13.5. The third-order valence-corrected chi connectivity index (χ3v) is 8.88. The number of carboxylic acid groups (broad SMARTS) is 1. The van der Waals surface area contributed by atoms with Gasteiger partial charge in [-0.3, -0.25) is 4.79 Å². The van der Waals surface area contributed by atoms with Gasteiger partial charge < -0.3 is 15.1 Å². The molecule has 0 radical (unpaired) electrons. The summed E-state index contributed by atoms with van der Waals surface area (Å²) < 4.78 is 1.97. The molecule has 0 spiro atoms. The standard InChI is InChI=1S/C34H38N2O4/c1-7-8-9-12-17-36-27-14-11-10-13-24(27)33(2,3)29(36)20-23-30(37)22(31(23)38)19-28-34(4,5)25-18-21(32(39)40)15-16-26(25)35(28)6/h10-11,13-16,18-20H,7-9,12,17H2,1-6H3,(H-,37,38,39,40)/p+1. The zero-order chi connectivity index (χ0) is 29.0. The lowest BCUT2D eigenvalue weighted by atomic mass is 9.77. The third-order valence-electron chi connectivity index (χ3n) is 8.88. The summed E-state index contributed by atoms with van der Waals surface area (Å²) in [6.45, 7) is 11.4. The number of fused-ring (bicyclic) bond motifs is 2. The minimum Gasteiger partial charge on any atom is -0.506 e. The fourth-order valence-corrected chi connectivity index (χ4v) is 6.45. The molecule has 40 heavy (non-hydrogen) atoms. The molecule has 1 aliphatic carbocycles. The molecule has 0 saturated carbocycles. The van der Waals surface area contributed by atoms with Gasteiger partial charge in [0.2, 0.25) is 11.5 Å². The Labute approximate surface area is 236 Å². The van der Waals surface area contributed by atoms with E-state index in [-0.39, 0.29) is 28.1 Å². The number of allylic oxidation sites excluding steroid dienone is 5. The maximum absolute atomic E-state index is 13.5. The monoisotopic (exact) mass is 539 g/mol. The van der Waals surface area contributed by atoms with Gasteiger partial charge in [-0.2, -0.15) is 4.58 Å². The first-order chi connectivity index (χ1) is 18.9. The number of carboxylic acids is 1. The van der Waals surface area contributed by atoms with Crippen LogP contribution in [0.1, 0.15) is 81.8 Å². The summed E-state index contributed by atoms with van der Waals surface area (Å²) in [5.74, 6) is -1.15. The van der Waals surface area contributed by atoms with Crippen LogP contribution in [0.25, 0.3) is 0 Å². The van der Waals surface area contributed by atoms with E-state index >= 15 is 0 Å². The highest BCUT2D eigenvalue weighted by Gasteiger charge is 2.46. The topological polar surface area (TPSA) is 80.8 Å². The van der Waals surface area contributed by atoms with Gasteiger partial charge in [0.25, 0.3) is 0 Å². The Bertz CT molecular complexity index is 1550. The minimum absolute atomic E-state index is 0.00840. The number of Topliss-reactive ketones (excluding diaryl/α,β-unsaturated/α-hetero) is 1. The number of carbonyl (C=O) groups excluding carboxylic acids is 1. The fourth-order valence-electron chi connectivity index (χ4n) is 6.45. The highest BCUT2D eigenvalue weighted by Crippen LogP contribution is 2.49. The van der Waals surface area contributed by atoms with Crippen molar-refractivity contribution in [2.75, 3.05) is 18.5 Å². The van der Waals surface area contributed by atoms with Crippen molar-refractivity contribution in [3.8, 4) is 0 Å². The van der Waals surface area contributed by atoms with Crippen molar-refractivity contribution in [3.05, 3.63) is 93.9 Å². The summed E-state index contributed by atoms with van der Waals surface area (Å²) in [4.78, 5) is 27.4. The fraction of sp³-hybridized carbons (Fsp3) is 0.382. The average Bonchev–Trinajstić information content (AvgIpc) is 3.25. The minimum atomic E-state index is -0.975. The van der Waals surface area contributed by atoms with Crippen molar-refractivity contribution >= 4 is 28.8 Å². The highest BCUT2D eigenvalue weighted by atomic mass is 16.4. The number of aliphatic hydroxyl groups excluding tert-OH is 1. The van der Waals surface area contributed by atoms with Crippen LogP contribution in [0.15, 0.2) is 77.2 Å². The number of anilines is 1. The van der Waals surface area contributed by atoms with Gasteiger partial charge in [-0.25, -0.2) is 4.79 Å². The second-order valence-corrected chi connectivity index (χ2v) is 12.1. The molecule has 3 aliphatic rings. The van der Waals surface area contributed by atoms with Gasteiger partial charge in [0.05, 0.1) is 22.1 Å². The van der Waals surface area contributed by atoms with Crippen LogP contribution in [0.2, 0.25) is 0 Å². The Kier molecular flexibility index (Phi) is 6.85. The van der Waals surface area contributed by atoms with Crippen LogP contribution in [-0.4, -0.2) is 45.8 Å². The Morgan fingerprint density at radius 3 is 2.38 bits per heavy atom. The van der Waals surface area contributed by atoms with Gasteiger partial charge in [-0.1, -0.05) is 58.2 Å². The number of hydrogen-bond donors (Lipinski definition) is 2. The van der Waals surface area contributed by atoms with E-state index in [1.54, 1.807) is 24.3 Å². The number of hydrogen-bond acceptors (Lipinski definition) is 4. The van der Waals surface area contributed by atoms with Crippen LogP contribution >= 0.6 is 0 Å². The molecule has 208 valence electrons. The van der Waals surface area contributed by atoms with Crippen molar-refractivity contribution < 1.29 is 24.4 Å². The third kappa shape index (κ3) is 4.21. The maximum Gasteiger partial charge on any atom is 0.335 e.